The smallest absolute Gasteiger partial charge is 0.241 e. The fraction of sp³-hybridized carbons (Fsp3) is 0.455. The third-order valence-corrected chi connectivity index (χ3v) is 2.18. The van der Waals surface area contributed by atoms with Gasteiger partial charge in [0.05, 0.1) is 6.20 Å². The largest absolute Gasteiger partial charge is 0.351 e. The topological polar surface area (TPSA) is 72.9 Å². The Labute approximate surface area is 95.0 Å². The third-order valence-electron chi connectivity index (χ3n) is 2.18. The summed E-state index contributed by atoms with van der Waals surface area (Å²) < 4.78 is 1.60. The summed E-state index contributed by atoms with van der Waals surface area (Å²) in [5.74, 6) is 2.24. The van der Waals surface area contributed by atoms with Crippen LogP contribution in [0, 0.1) is 12.3 Å². The van der Waals surface area contributed by atoms with Crippen LogP contribution in [0.2, 0.25) is 0 Å². The summed E-state index contributed by atoms with van der Waals surface area (Å²) in [5, 5.41) is 6.70. The van der Waals surface area contributed by atoms with Crippen LogP contribution in [-0.2, 0) is 11.8 Å². The van der Waals surface area contributed by atoms with Gasteiger partial charge in [-0.2, -0.15) is 5.10 Å². The molecule has 1 aromatic heterocycles. The highest BCUT2D eigenvalue weighted by Crippen LogP contribution is 2.08. The normalized spacial score (nSPS) is 13.9. The Balaban J connectivity index is 2.58. The van der Waals surface area contributed by atoms with Crippen LogP contribution in [0.5, 0.6) is 0 Å². The Morgan fingerprint density at radius 3 is 3.00 bits per heavy atom. The van der Waals surface area contributed by atoms with Crippen LogP contribution in [0.25, 0.3) is 0 Å². The highest BCUT2D eigenvalue weighted by Gasteiger charge is 2.18. The van der Waals surface area contributed by atoms with Crippen molar-refractivity contribution in [2.75, 3.05) is 0 Å². The van der Waals surface area contributed by atoms with E-state index in [1.165, 1.54) is 0 Å². The minimum Gasteiger partial charge on any atom is -0.351 e. The third kappa shape index (κ3) is 3.11. The minimum absolute atomic E-state index is 0.0692. The number of nitrogens with one attached hydrogen (secondary N) is 1. The standard InChI is InChI=1S/C11H16N4O/c1-4-5-8(2)14-11(16)10(12)9-6-13-15(3)7-9/h1,6-8,10H,5,12H2,2-3H3,(H,14,16). The zero-order valence-corrected chi connectivity index (χ0v) is 9.47. The Morgan fingerprint density at radius 2 is 2.50 bits per heavy atom. The Hall–Kier alpha value is -1.80. The van der Waals surface area contributed by atoms with Gasteiger partial charge in [0.2, 0.25) is 5.91 Å². The van der Waals surface area contributed by atoms with E-state index >= 15 is 0 Å². The first-order chi connectivity index (χ1) is 7.54. The molecule has 0 aliphatic carbocycles. The van der Waals surface area contributed by atoms with Crippen molar-refractivity contribution in [3.8, 4) is 12.3 Å². The molecule has 5 nitrogen and oxygen atoms in total. The first kappa shape index (κ1) is 12.3. The quantitative estimate of drug-likeness (QED) is 0.699. The summed E-state index contributed by atoms with van der Waals surface area (Å²) in [6.07, 6.45) is 8.94. The van der Waals surface area contributed by atoms with E-state index < -0.39 is 6.04 Å². The van der Waals surface area contributed by atoms with Crippen molar-refractivity contribution < 1.29 is 4.79 Å². The Kier molecular flexibility index (Phi) is 4.09. The van der Waals surface area contributed by atoms with Crippen molar-refractivity contribution in [1.29, 1.82) is 0 Å². The predicted molar refractivity (Wildman–Crippen MR) is 61.2 cm³/mol. The summed E-state index contributed by atoms with van der Waals surface area (Å²) >= 11 is 0. The number of aryl methyl sites for hydroxylation is 1. The number of hydrogen-bond donors (Lipinski definition) is 2. The van der Waals surface area contributed by atoms with E-state index in [4.69, 9.17) is 12.2 Å². The fourth-order valence-electron chi connectivity index (χ4n) is 1.31. The second-order valence-electron chi connectivity index (χ2n) is 3.74. The van der Waals surface area contributed by atoms with Crippen molar-refractivity contribution in [2.45, 2.75) is 25.4 Å². The SMILES string of the molecule is C#CCC(C)NC(=O)C(N)c1cnn(C)c1. The molecule has 0 bridgehead atoms. The molecule has 1 amide bonds. The van der Waals surface area contributed by atoms with Crippen molar-refractivity contribution in [2.24, 2.45) is 12.8 Å². The molecule has 3 N–H and O–H groups in total. The molecule has 1 aromatic rings. The molecule has 5 heteroatoms. The van der Waals surface area contributed by atoms with Crippen LogP contribution in [0.15, 0.2) is 12.4 Å². The van der Waals surface area contributed by atoms with E-state index in [2.05, 4.69) is 16.3 Å². The second kappa shape index (κ2) is 5.33. The average molecular weight is 220 g/mol. The number of aromatic nitrogens is 2. The molecule has 0 radical (unpaired) electrons. The van der Waals surface area contributed by atoms with Gasteiger partial charge in [0, 0.05) is 31.3 Å². The summed E-state index contributed by atoms with van der Waals surface area (Å²) in [7, 11) is 1.77. The van der Waals surface area contributed by atoms with Crippen LogP contribution in [-0.4, -0.2) is 21.7 Å². The van der Waals surface area contributed by atoms with Gasteiger partial charge in [0.1, 0.15) is 6.04 Å². The van der Waals surface area contributed by atoms with Crippen LogP contribution in [0.1, 0.15) is 24.9 Å². The lowest BCUT2D eigenvalue weighted by molar-refractivity contribution is -0.123. The monoisotopic (exact) mass is 220 g/mol. The van der Waals surface area contributed by atoms with Gasteiger partial charge in [0.15, 0.2) is 0 Å². The number of amides is 1. The van der Waals surface area contributed by atoms with Crippen molar-refractivity contribution in [1.82, 2.24) is 15.1 Å². The Morgan fingerprint density at radius 1 is 1.81 bits per heavy atom. The molecule has 2 atom stereocenters. The summed E-state index contributed by atoms with van der Waals surface area (Å²) in [6, 6.07) is -0.769. The number of hydrogen-bond acceptors (Lipinski definition) is 3. The lowest BCUT2D eigenvalue weighted by atomic mass is 10.1. The lowest BCUT2D eigenvalue weighted by Crippen LogP contribution is -2.39. The molecular formula is C11H16N4O. The molecule has 16 heavy (non-hydrogen) atoms. The van der Waals surface area contributed by atoms with Crippen molar-refractivity contribution in [3.05, 3.63) is 18.0 Å². The summed E-state index contributed by atoms with van der Waals surface area (Å²) in [4.78, 5) is 11.7. The highest BCUT2D eigenvalue weighted by atomic mass is 16.2. The van der Waals surface area contributed by atoms with E-state index in [0.717, 1.165) is 0 Å². The predicted octanol–water partition coefficient (Wildman–Crippen LogP) is -0.0521. The Bertz CT molecular complexity index is 404. The molecule has 0 aliphatic rings. The zero-order valence-electron chi connectivity index (χ0n) is 9.47. The minimum atomic E-state index is -0.700. The number of carbonyl (C=O) groups excluding carboxylic acids is 1. The average Bonchev–Trinajstić information content (AvgIpc) is 2.64. The maximum absolute atomic E-state index is 11.7. The molecule has 0 saturated heterocycles. The van der Waals surface area contributed by atoms with Gasteiger partial charge in [-0.15, -0.1) is 12.3 Å². The van der Waals surface area contributed by atoms with Crippen LogP contribution < -0.4 is 11.1 Å². The van der Waals surface area contributed by atoms with E-state index in [1.54, 1.807) is 24.1 Å². The summed E-state index contributed by atoms with van der Waals surface area (Å²) in [6.45, 7) is 1.84. The number of nitrogens with two attached hydrogens (primary N) is 1. The molecule has 0 fully saturated rings. The van der Waals surface area contributed by atoms with Crippen molar-refractivity contribution >= 4 is 5.91 Å². The molecule has 0 spiro atoms. The van der Waals surface area contributed by atoms with Gasteiger partial charge in [-0.3, -0.25) is 9.48 Å². The van der Waals surface area contributed by atoms with Crippen LogP contribution in [0.4, 0.5) is 0 Å². The maximum atomic E-state index is 11.7. The molecule has 2 unspecified atom stereocenters. The molecule has 86 valence electrons. The van der Waals surface area contributed by atoms with E-state index in [1.807, 2.05) is 6.92 Å². The molecule has 1 heterocycles. The van der Waals surface area contributed by atoms with Gasteiger partial charge >= 0.3 is 0 Å². The van der Waals surface area contributed by atoms with Crippen molar-refractivity contribution in [3.63, 3.8) is 0 Å². The molecule has 0 saturated carbocycles. The van der Waals surface area contributed by atoms with Gasteiger partial charge < -0.3 is 11.1 Å². The molecule has 0 aromatic carbocycles. The van der Waals surface area contributed by atoms with Crippen LogP contribution >= 0.6 is 0 Å². The molecule has 1 rings (SSSR count). The maximum Gasteiger partial charge on any atom is 0.241 e. The van der Waals surface area contributed by atoms with Crippen LogP contribution in [0.3, 0.4) is 0 Å². The number of terminal acetylenes is 1. The van der Waals surface area contributed by atoms with Gasteiger partial charge in [0.25, 0.3) is 0 Å². The zero-order chi connectivity index (χ0) is 12.1. The first-order valence-electron chi connectivity index (χ1n) is 5.02. The number of rotatable bonds is 4. The van der Waals surface area contributed by atoms with E-state index in [-0.39, 0.29) is 11.9 Å². The van der Waals surface area contributed by atoms with Gasteiger partial charge in [-0.25, -0.2) is 0 Å². The number of carbonyl (C=O) groups is 1. The van der Waals surface area contributed by atoms with Gasteiger partial charge in [-0.1, -0.05) is 0 Å². The lowest BCUT2D eigenvalue weighted by Gasteiger charge is -2.14. The molecule has 0 aliphatic heterocycles. The van der Waals surface area contributed by atoms with Gasteiger partial charge in [-0.05, 0) is 6.92 Å². The number of nitrogens with zero attached hydrogens (tertiary/aromatic N) is 2. The van der Waals surface area contributed by atoms with E-state index in [0.29, 0.717) is 12.0 Å². The fourth-order valence-corrected chi connectivity index (χ4v) is 1.31. The van der Waals surface area contributed by atoms with E-state index in [9.17, 15) is 4.79 Å². The summed E-state index contributed by atoms with van der Waals surface area (Å²) in [5.41, 5.74) is 6.47. The first-order valence-corrected chi connectivity index (χ1v) is 5.02. The second-order valence-corrected chi connectivity index (χ2v) is 3.74. The highest BCUT2D eigenvalue weighted by molar-refractivity contribution is 5.83. The molecular weight excluding hydrogens is 204 g/mol.